The van der Waals surface area contributed by atoms with Crippen molar-refractivity contribution < 1.29 is 15.0 Å². The van der Waals surface area contributed by atoms with Crippen LogP contribution in [0.15, 0.2) is 36.5 Å². The van der Waals surface area contributed by atoms with Crippen LogP contribution in [0.1, 0.15) is 258 Å². The number of aliphatic hydroxyl groups is 2. The number of aliphatic hydroxyl groups excluding tert-OH is 2. The van der Waals surface area contributed by atoms with E-state index in [0.717, 1.165) is 38.5 Å². The molecule has 0 aliphatic rings. The minimum Gasteiger partial charge on any atom is -0.394 e. The minimum absolute atomic E-state index is 0.0751. The molecule has 0 bridgehead atoms. The number of carbonyl (C=O) groups excluding carboxylic acids is 1. The van der Waals surface area contributed by atoms with Gasteiger partial charge in [0.25, 0.3) is 0 Å². The number of rotatable bonds is 44. The number of allylic oxidation sites excluding steroid dienone is 5. The first-order chi connectivity index (χ1) is 26.7. The minimum atomic E-state index is -0.867. The Morgan fingerprint density at radius 1 is 0.426 bits per heavy atom. The molecular formula is C50H95NO3. The van der Waals surface area contributed by atoms with Crippen LogP contribution in [-0.4, -0.2) is 34.9 Å². The predicted molar refractivity (Wildman–Crippen MR) is 239 cm³/mol. The SMILES string of the molecule is CCCCCCCCCCCCCCCCCC/C=C/CC/C=C/CC/C=C/C(O)C(CO)NC(=O)CCCCCCCCCCCCCCCCCC. The van der Waals surface area contributed by atoms with E-state index < -0.39 is 12.1 Å². The van der Waals surface area contributed by atoms with Crippen molar-refractivity contribution in [2.24, 2.45) is 0 Å². The first-order valence-electron chi connectivity index (χ1n) is 24.2. The van der Waals surface area contributed by atoms with Crippen LogP contribution in [0.2, 0.25) is 0 Å². The fraction of sp³-hybridized carbons (Fsp3) is 0.860. The molecule has 0 saturated heterocycles. The molecule has 54 heavy (non-hydrogen) atoms. The summed E-state index contributed by atoms with van der Waals surface area (Å²) in [6, 6.07) is -0.642. The van der Waals surface area contributed by atoms with Gasteiger partial charge in [0, 0.05) is 6.42 Å². The molecule has 318 valence electrons. The monoisotopic (exact) mass is 758 g/mol. The molecule has 0 aromatic heterocycles. The van der Waals surface area contributed by atoms with Gasteiger partial charge in [0.05, 0.1) is 18.8 Å². The maximum atomic E-state index is 12.4. The molecule has 0 aromatic rings. The quantitative estimate of drug-likeness (QED) is 0.0428. The van der Waals surface area contributed by atoms with Crippen molar-refractivity contribution in [1.29, 1.82) is 0 Å². The molecule has 0 spiro atoms. The van der Waals surface area contributed by atoms with Crippen LogP contribution in [0, 0.1) is 0 Å². The number of hydrogen-bond acceptors (Lipinski definition) is 3. The third kappa shape index (κ3) is 41.8. The van der Waals surface area contributed by atoms with E-state index in [4.69, 9.17) is 0 Å². The van der Waals surface area contributed by atoms with Crippen LogP contribution in [-0.2, 0) is 4.79 Å². The highest BCUT2D eigenvalue weighted by Crippen LogP contribution is 2.16. The smallest absolute Gasteiger partial charge is 0.220 e. The molecule has 0 saturated carbocycles. The second kappa shape index (κ2) is 46.0. The lowest BCUT2D eigenvalue weighted by molar-refractivity contribution is -0.123. The van der Waals surface area contributed by atoms with Crippen LogP contribution in [0.3, 0.4) is 0 Å². The van der Waals surface area contributed by atoms with Gasteiger partial charge < -0.3 is 15.5 Å². The average molecular weight is 758 g/mol. The van der Waals surface area contributed by atoms with E-state index in [1.165, 1.54) is 199 Å². The van der Waals surface area contributed by atoms with Crippen molar-refractivity contribution in [1.82, 2.24) is 5.32 Å². The van der Waals surface area contributed by atoms with E-state index in [1.807, 2.05) is 6.08 Å². The zero-order valence-electron chi connectivity index (χ0n) is 36.5. The summed E-state index contributed by atoms with van der Waals surface area (Å²) in [5.41, 5.74) is 0. The average Bonchev–Trinajstić information content (AvgIpc) is 3.18. The molecule has 0 radical (unpaired) electrons. The number of amides is 1. The molecular weight excluding hydrogens is 663 g/mol. The molecule has 0 rings (SSSR count). The van der Waals surface area contributed by atoms with Crippen molar-refractivity contribution in [2.75, 3.05) is 6.61 Å². The molecule has 1 amide bonds. The van der Waals surface area contributed by atoms with Gasteiger partial charge in [-0.2, -0.15) is 0 Å². The van der Waals surface area contributed by atoms with Crippen LogP contribution >= 0.6 is 0 Å². The Morgan fingerprint density at radius 2 is 0.722 bits per heavy atom. The molecule has 0 aliphatic carbocycles. The van der Waals surface area contributed by atoms with Crippen molar-refractivity contribution in [3.63, 3.8) is 0 Å². The molecule has 4 nitrogen and oxygen atoms in total. The van der Waals surface area contributed by atoms with Crippen molar-refractivity contribution in [3.05, 3.63) is 36.5 Å². The van der Waals surface area contributed by atoms with Gasteiger partial charge in [-0.15, -0.1) is 0 Å². The standard InChI is InChI=1S/C50H95NO3/c1-3-5-7-9-11-13-15-17-19-21-22-23-24-25-26-27-28-29-30-31-33-35-37-39-41-43-45-49(53)48(47-52)51-50(54)46-44-42-40-38-36-34-32-20-18-16-14-12-10-8-6-4-2/h29-30,35,37,43,45,48-49,52-53H,3-28,31-34,36,38-42,44,46-47H2,1-2H3,(H,51,54)/b30-29+,37-35+,45-43+. The van der Waals surface area contributed by atoms with Crippen molar-refractivity contribution in [3.8, 4) is 0 Å². The molecule has 4 heteroatoms. The summed E-state index contributed by atoms with van der Waals surface area (Å²) in [5.74, 6) is -0.0751. The lowest BCUT2D eigenvalue weighted by Gasteiger charge is -2.19. The molecule has 2 atom stereocenters. The lowest BCUT2D eigenvalue weighted by atomic mass is 10.0. The zero-order valence-corrected chi connectivity index (χ0v) is 36.5. The Kier molecular flexibility index (Phi) is 44.8. The highest BCUT2D eigenvalue weighted by atomic mass is 16.3. The Labute approximate surface area is 338 Å². The number of carbonyl (C=O) groups is 1. The van der Waals surface area contributed by atoms with Crippen LogP contribution in [0.25, 0.3) is 0 Å². The maximum absolute atomic E-state index is 12.4. The number of nitrogens with one attached hydrogen (secondary N) is 1. The second-order valence-electron chi connectivity index (χ2n) is 16.5. The number of hydrogen-bond donors (Lipinski definition) is 3. The van der Waals surface area contributed by atoms with Crippen molar-refractivity contribution in [2.45, 2.75) is 270 Å². The molecule has 0 heterocycles. The van der Waals surface area contributed by atoms with E-state index in [9.17, 15) is 15.0 Å². The predicted octanol–water partition coefficient (Wildman–Crippen LogP) is 15.4. The largest absolute Gasteiger partial charge is 0.394 e. The Balaban J connectivity index is 3.58. The van der Waals surface area contributed by atoms with Gasteiger partial charge in [0.2, 0.25) is 5.91 Å². The Bertz CT molecular complexity index is 821. The molecule has 3 N–H and O–H groups in total. The van der Waals surface area contributed by atoms with Crippen LogP contribution in [0.5, 0.6) is 0 Å². The van der Waals surface area contributed by atoms with E-state index in [1.54, 1.807) is 6.08 Å². The van der Waals surface area contributed by atoms with Crippen LogP contribution < -0.4 is 5.32 Å². The normalized spacial score (nSPS) is 13.2. The van der Waals surface area contributed by atoms with E-state index in [0.29, 0.717) is 6.42 Å². The first-order valence-corrected chi connectivity index (χ1v) is 24.2. The fourth-order valence-corrected chi connectivity index (χ4v) is 7.39. The summed E-state index contributed by atoms with van der Waals surface area (Å²) in [7, 11) is 0. The summed E-state index contributed by atoms with van der Waals surface area (Å²) in [5, 5.41) is 23.0. The Hall–Kier alpha value is -1.39. The summed E-state index contributed by atoms with van der Waals surface area (Å²) >= 11 is 0. The van der Waals surface area contributed by atoms with Gasteiger partial charge in [0.1, 0.15) is 0 Å². The molecule has 0 aliphatic heterocycles. The van der Waals surface area contributed by atoms with Gasteiger partial charge in [0.15, 0.2) is 0 Å². The Morgan fingerprint density at radius 3 is 1.07 bits per heavy atom. The topological polar surface area (TPSA) is 69.6 Å². The number of unbranched alkanes of at least 4 members (excludes halogenated alkanes) is 33. The van der Waals surface area contributed by atoms with Gasteiger partial charge in [-0.05, 0) is 44.9 Å². The van der Waals surface area contributed by atoms with Crippen molar-refractivity contribution >= 4 is 5.91 Å². The lowest BCUT2D eigenvalue weighted by Crippen LogP contribution is -2.45. The van der Waals surface area contributed by atoms with Gasteiger partial charge in [-0.1, -0.05) is 243 Å². The highest BCUT2D eigenvalue weighted by Gasteiger charge is 2.17. The fourth-order valence-electron chi connectivity index (χ4n) is 7.39. The van der Waals surface area contributed by atoms with E-state index in [-0.39, 0.29) is 12.5 Å². The molecule has 2 unspecified atom stereocenters. The third-order valence-corrected chi connectivity index (χ3v) is 11.1. The first kappa shape index (κ1) is 52.6. The summed E-state index contributed by atoms with van der Waals surface area (Å²) in [4.78, 5) is 12.4. The highest BCUT2D eigenvalue weighted by molar-refractivity contribution is 5.76. The second-order valence-corrected chi connectivity index (χ2v) is 16.5. The van der Waals surface area contributed by atoms with Crippen LogP contribution in [0.4, 0.5) is 0 Å². The van der Waals surface area contributed by atoms with E-state index in [2.05, 4.69) is 43.5 Å². The van der Waals surface area contributed by atoms with Gasteiger partial charge in [-0.3, -0.25) is 4.79 Å². The zero-order chi connectivity index (χ0) is 39.3. The molecule has 0 aromatic carbocycles. The summed E-state index contributed by atoms with van der Waals surface area (Å²) in [6.45, 7) is 4.31. The maximum Gasteiger partial charge on any atom is 0.220 e. The van der Waals surface area contributed by atoms with Gasteiger partial charge >= 0.3 is 0 Å². The van der Waals surface area contributed by atoms with Gasteiger partial charge in [-0.25, -0.2) is 0 Å². The third-order valence-electron chi connectivity index (χ3n) is 11.1. The summed E-state index contributed by atoms with van der Waals surface area (Å²) in [6.07, 6.45) is 61.3. The molecule has 0 fully saturated rings. The summed E-state index contributed by atoms with van der Waals surface area (Å²) < 4.78 is 0. The van der Waals surface area contributed by atoms with E-state index >= 15 is 0 Å².